The molecule has 2 rings (SSSR count). The van der Waals surface area contributed by atoms with Crippen molar-refractivity contribution < 1.29 is 14.7 Å². The van der Waals surface area contributed by atoms with E-state index in [1.54, 1.807) is 37.3 Å². The third-order valence-corrected chi connectivity index (χ3v) is 3.29. The lowest BCUT2D eigenvalue weighted by Gasteiger charge is -2.00. The fourth-order valence-corrected chi connectivity index (χ4v) is 2.19. The summed E-state index contributed by atoms with van der Waals surface area (Å²) in [5.74, 6) is -1.61. The van der Waals surface area contributed by atoms with Crippen molar-refractivity contribution in [2.45, 2.75) is 6.92 Å². The average molecular weight is 261 g/mol. The number of carbonyl (C=O) groups is 2. The minimum Gasteiger partial charge on any atom is -0.544 e. The van der Waals surface area contributed by atoms with Crippen LogP contribution in [-0.4, -0.2) is 16.9 Å². The van der Waals surface area contributed by atoms with Gasteiger partial charge in [0.1, 0.15) is 0 Å². The highest BCUT2D eigenvalue weighted by atomic mass is 32.1. The maximum Gasteiger partial charge on any atom is 0.257 e. The van der Waals surface area contributed by atoms with Crippen LogP contribution >= 0.6 is 11.3 Å². The normalized spacial score (nSPS) is 10.1. The van der Waals surface area contributed by atoms with Crippen molar-refractivity contribution in [2.75, 3.05) is 5.32 Å². The van der Waals surface area contributed by atoms with Crippen molar-refractivity contribution in [3.8, 4) is 0 Å². The zero-order valence-electron chi connectivity index (χ0n) is 9.47. The Morgan fingerprint density at radius 3 is 2.50 bits per heavy atom. The van der Waals surface area contributed by atoms with Gasteiger partial charge in [-0.15, -0.1) is 0 Å². The second kappa shape index (κ2) is 4.97. The lowest BCUT2D eigenvalue weighted by molar-refractivity contribution is -0.254. The molecule has 92 valence electrons. The first-order valence-electron chi connectivity index (χ1n) is 5.13. The summed E-state index contributed by atoms with van der Waals surface area (Å²) in [5.41, 5.74) is 0.823. The standard InChI is InChI=1S/C12H10N2O3S/c1-7-9(11(16)17)18-12(13-7)14-10(15)8-5-3-2-4-6-8/h2-6H,1H3,(H,16,17)(H,13,14,15)/p-1. The van der Waals surface area contributed by atoms with Gasteiger partial charge in [-0.25, -0.2) is 4.98 Å². The van der Waals surface area contributed by atoms with Gasteiger partial charge in [0.2, 0.25) is 0 Å². The molecular weight excluding hydrogens is 252 g/mol. The topological polar surface area (TPSA) is 82.1 Å². The number of rotatable bonds is 3. The number of amides is 1. The van der Waals surface area contributed by atoms with Crippen molar-refractivity contribution in [1.29, 1.82) is 0 Å². The van der Waals surface area contributed by atoms with E-state index in [4.69, 9.17) is 0 Å². The maximum absolute atomic E-state index is 11.8. The van der Waals surface area contributed by atoms with Gasteiger partial charge in [0.25, 0.3) is 5.91 Å². The summed E-state index contributed by atoms with van der Waals surface area (Å²) in [6.45, 7) is 1.56. The molecule has 0 saturated carbocycles. The number of nitrogens with one attached hydrogen (secondary N) is 1. The molecule has 0 aliphatic carbocycles. The molecule has 0 aliphatic heterocycles. The highest BCUT2D eigenvalue weighted by Gasteiger charge is 2.11. The molecule has 1 heterocycles. The Balaban J connectivity index is 2.18. The average Bonchev–Trinajstić information content (AvgIpc) is 2.71. The zero-order chi connectivity index (χ0) is 13.1. The van der Waals surface area contributed by atoms with Crippen LogP contribution < -0.4 is 10.4 Å². The smallest absolute Gasteiger partial charge is 0.257 e. The zero-order valence-corrected chi connectivity index (χ0v) is 10.3. The number of aromatic nitrogens is 1. The Morgan fingerprint density at radius 1 is 1.28 bits per heavy atom. The van der Waals surface area contributed by atoms with Gasteiger partial charge in [-0.3, -0.25) is 10.1 Å². The quantitative estimate of drug-likeness (QED) is 0.895. The predicted octanol–water partition coefficient (Wildman–Crippen LogP) is 1.07. The maximum atomic E-state index is 11.8. The molecule has 1 aromatic carbocycles. The van der Waals surface area contributed by atoms with Crippen LogP contribution in [0.25, 0.3) is 0 Å². The van der Waals surface area contributed by atoms with Crippen molar-refractivity contribution in [2.24, 2.45) is 0 Å². The number of benzene rings is 1. The number of carboxylic acid groups (broad SMARTS) is 1. The number of hydrogen-bond donors (Lipinski definition) is 1. The lowest BCUT2D eigenvalue weighted by Crippen LogP contribution is -2.21. The first kappa shape index (κ1) is 12.3. The van der Waals surface area contributed by atoms with E-state index >= 15 is 0 Å². The van der Waals surface area contributed by atoms with E-state index in [1.807, 2.05) is 0 Å². The number of aryl methyl sites for hydroxylation is 1. The molecule has 0 unspecified atom stereocenters. The molecule has 1 N–H and O–H groups in total. The number of carboxylic acids is 1. The molecule has 1 aromatic heterocycles. The molecule has 0 aliphatic rings. The van der Waals surface area contributed by atoms with Crippen molar-refractivity contribution in [3.63, 3.8) is 0 Å². The van der Waals surface area contributed by atoms with E-state index in [-0.39, 0.29) is 15.9 Å². The van der Waals surface area contributed by atoms with Gasteiger partial charge < -0.3 is 9.90 Å². The van der Waals surface area contributed by atoms with E-state index in [0.717, 1.165) is 11.3 Å². The number of carbonyl (C=O) groups excluding carboxylic acids is 2. The fourth-order valence-electron chi connectivity index (χ4n) is 1.40. The molecule has 6 heteroatoms. The first-order valence-corrected chi connectivity index (χ1v) is 5.95. The molecule has 5 nitrogen and oxygen atoms in total. The van der Waals surface area contributed by atoms with Crippen LogP contribution in [0.2, 0.25) is 0 Å². The Labute approximate surface area is 107 Å². The Bertz CT molecular complexity index is 593. The predicted molar refractivity (Wildman–Crippen MR) is 65.6 cm³/mol. The summed E-state index contributed by atoms with van der Waals surface area (Å²) in [7, 11) is 0. The molecule has 0 fully saturated rings. The Hall–Kier alpha value is -2.21. The van der Waals surface area contributed by atoms with Crippen LogP contribution in [0.4, 0.5) is 5.13 Å². The van der Waals surface area contributed by atoms with Gasteiger partial charge >= 0.3 is 0 Å². The first-order chi connectivity index (χ1) is 8.58. The molecule has 0 radical (unpaired) electrons. The number of nitrogens with zero attached hydrogens (tertiary/aromatic N) is 1. The highest BCUT2D eigenvalue weighted by molar-refractivity contribution is 7.17. The summed E-state index contributed by atoms with van der Waals surface area (Å²) in [6, 6.07) is 8.62. The molecule has 0 bridgehead atoms. The van der Waals surface area contributed by atoms with Crippen molar-refractivity contribution in [1.82, 2.24) is 4.98 Å². The van der Waals surface area contributed by atoms with Gasteiger partial charge in [-0.1, -0.05) is 29.5 Å². The third-order valence-electron chi connectivity index (χ3n) is 2.24. The SMILES string of the molecule is Cc1nc(NC(=O)c2ccccc2)sc1C(=O)[O-]. The largest absolute Gasteiger partial charge is 0.544 e. The number of hydrogen-bond acceptors (Lipinski definition) is 5. The van der Waals surface area contributed by atoms with E-state index in [2.05, 4.69) is 10.3 Å². The van der Waals surface area contributed by atoms with Crippen molar-refractivity contribution >= 4 is 28.3 Å². The Morgan fingerprint density at radius 2 is 1.94 bits per heavy atom. The summed E-state index contributed by atoms with van der Waals surface area (Å²) in [5, 5.41) is 13.5. The second-order valence-corrected chi connectivity index (χ2v) is 4.54. The van der Waals surface area contributed by atoms with Gasteiger partial charge in [0.05, 0.1) is 16.5 Å². The van der Waals surface area contributed by atoms with Crippen LogP contribution in [0.3, 0.4) is 0 Å². The molecule has 0 saturated heterocycles. The van der Waals surface area contributed by atoms with Crippen LogP contribution in [0.5, 0.6) is 0 Å². The van der Waals surface area contributed by atoms with Crippen LogP contribution in [0, 0.1) is 6.92 Å². The minimum atomic E-state index is -1.29. The van der Waals surface area contributed by atoms with Crippen LogP contribution in [0.15, 0.2) is 30.3 Å². The van der Waals surface area contributed by atoms with E-state index in [1.165, 1.54) is 0 Å². The summed E-state index contributed by atoms with van der Waals surface area (Å²) in [4.78, 5) is 26.5. The second-order valence-electron chi connectivity index (χ2n) is 3.54. The highest BCUT2D eigenvalue weighted by Crippen LogP contribution is 2.22. The number of aromatic carboxylic acids is 1. The van der Waals surface area contributed by atoms with E-state index in [0.29, 0.717) is 11.3 Å². The number of anilines is 1. The van der Waals surface area contributed by atoms with E-state index < -0.39 is 5.97 Å². The molecule has 0 spiro atoms. The summed E-state index contributed by atoms with van der Waals surface area (Å²) in [6.07, 6.45) is 0. The minimum absolute atomic E-state index is 0.0263. The molecule has 18 heavy (non-hydrogen) atoms. The number of thiazole rings is 1. The molecule has 1 amide bonds. The molecule has 0 atom stereocenters. The van der Waals surface area contributed by atoms with Crippen LogP contribution in [0.1, 0.15) is 25.7 Å². The Kier molecular flexibility index (Phi) is 3.38. The monoisotopic (exact) mass is 261 g/mol. The molecular formula is C12H9N2O3S-. The van der Waals surface area contributed by atoms with Crippen LogP contribution in [-0.2, 0) is 0 Å². The van der Waals surface area contributed by atoms with Gasteiger partial charge in [0.15, 0.2) is 5.13 Å². The van der Waals surface area contributed by atoms with Crippen molar-refractivity contribution in [3.05, 3.63) is 46.5 Å². The van der Waals surface area contributed by atoms with Gasteiger partial charge in [-0.05, 0) is 19.1 Å². The summed E-state index contributed by atoms with van der Waals surface area (Å²) >= 11 is 0.886. The summed E-state index contributed by atoms with van der Waals surface area (Å²) < 4.78 is 0. The fraction of sp³-hybridized carbons (Fsp3) is 0.0833. The lowest BCUT2D eigenvalue weighted by atomic mass is 10.2. The third kappa shape index (κ3) is 2.54. The van der Waals surface area contributed by atoms with Gasteiger partial charge in [-0.2, -0.15) is 0 Å². The van der Waals surface area contributed by atoms with Gasteiger partial charge in [0, 0.05) is 5.56 Å². The van der Waals surface area contributed by atoms with E-state index in [9.17, 15) is 14.7 Å². The molecule has 2 aromatic rings.